The topological polar surface area (TPSA) is 55.4 Å². The third-order valence-electron chi connectivity index (χ3n) is 1.38. The molecule has 0 spiro atoms. The number of hydrogen-bond donors (Lipinski definition) is 1. The van der Waals surface area contributed by atoms with Crippen LogP contribution in [0, 0.1) is 0 Å². The molecule has 0 unspecified atom stereocenters. The van der Waals surface area contributed by atoms with Crippen LogP contribution in [-0.2, 0) is 9.53 Å². The minimum Gasteiger partial charge on any atom is -0.462 e. The smallest absolute Gasteiger partial charge is 0.348 e. The number of carbonyl (C=O) groups is 2. The van der Waals surface area contributed by atoms with E-state index in [1.165, 1.54) is 18.3 Å². The number of hydrogen-bond acceptors (Lipinski definition) is 4. The molecule has 4 nitrogen and oxygen atoms in total. The fourth-order valence-electron chi connectivity index (χ4n) is 0.890. The molecule has 0 aliphatic rings. The molecule has 1 heterocycles. The molecule has 0 saturated carbocycles. The summed E-state index contributed by atoms with van der Waals surface area (Å²) in [6, 6.07) is 3.31. The predicted molar refractivity (Wildman–Crippen MR) is 54.6 cm³/mol. The van der Waals surface area contributed by atoms with Gasteiger partial charge in [-0.15, -0.1) is 11.3 Å². The van der Waals surface area contributed by atoms with Crippen molar-refractivity contribution in [2.24, 2.45) is 0 Å². The van der Waals surface area contributed by atoms with Gasteiger partial charge in [0.1, 0.15) is 4.88 Å². The van der Waals surface area contributed by atoms with Crippen molar-refractivity contribution in [3.8, 4) is 0 Å². The number of ether oxygens (including phenoxy) is 1. The van der Waals surface area contributed by atoms with Crippen molar-refractivity contribution in [1.29, 1.82) is 0 Å². The van der Waals surface area contributed by atoms with Crippen molar-refractivity contribution < 1.29 is 14.3 Å². The van der Waals surface area contributed by atoms with Crippen LogP contribution in [0.5, 0.6) is 0 Å². The minimum atomic E-state index is -0.353. The molecule has 0 bridgehead atoms. The first-order valence-electron chi connectivity index (χ1n) is 4.18. The Morgan fingerprint density at radius 1 is 1.50 bits per heavy atom. The Balaban J connectivity index is 2.67. The first kappa shape index (κ1) is 10.7. The lowest BCUT2D eigenvalue weighted by Gasteiger charge is -1.97. The normalized spacial score (nSPS) is 9.57. The SMILES string of the molecule is CCOC(=O)c1ccc(NC(C)=O)s1. The standard InChI is InChI=1S/C9H11NO3S/c1-3-13-9(12)7-4-5-8(14-7)10-6(2)11/h4-5H,3H2,1-2H3,(H,10,11). The quantitative estimate of drug-likeness (QED) is 0.780. The van der Waals surface area contributed by atoms with Crippen molar-refractivity contribution in [2.75, 3.05) is 11.9 Å². The highest BCUT2D eigenvalue weighted by molar-refractivity contribution is 7.18. The monoisotopic (exact) mass is 213 g/mol. The first-order chi connectivity index (χ1) is 6.63. The summed E-state index contributed by atoms with van der Waals surface area (Å²) >= 11 is 1.20. The first-order valence-corrected chi connectivity index (χ1v) is 4.99. The Kier molecular flexibility index (Phi) is 3.64. The third-order valence-corrected chi connectivity index (χ3v) is 2.36. The molecule has 1 aromatic rings. The molecule has 0 aliphatic heterocycles. The zero-order chi connectivity index (χ0) is 10.6. The van der Waals surface area contributed by atoms with Gasteiger partial charge in [-0.1, -0.05) is 0 Å². The van der Waals surface area contributed by atoms with E-state index in [2.05, 4.69) is 5.32 Å². The highest BCUT2D eigenvalue weighted by Gasteiger charge is 2.09. The summed E-state index contributed by atoms with van der Waals surface area (Å²) in [5, 5.41) is 3.25. The van der Waals surface area contributed by atoms with Crippen molar-refractivity contribution in [1.82, 2.24) is 0 Å². The number of anilines is 1. The average molecular weight is 213 g/mol. The van der Waals surface area contributed by atoms with Gasteiger partial charge in [0, 0.05) is 6.92 Å². The van der Waals surface area contributed by atoms with Crippen LogP contribution in [0.25, 0.3) is 0 Å². The molecule has 0 aliphatic carbocycles. The second-order valence-corrected chi connectivity index (χ2v) is 3.65. The molecule has 5 heteroatoms. The maximum Gasteiger partial charge on any atom is 0.348 e. The predicted octanol–water partition coefficient (Wildman–Crippen LogP) is 1.88. The number of thiophene rings is 1. The molecule has 0 radical (unpaired) electrons. The average Bonchev–Trinajstić information content (AvgIpc) is 2.52. The van der Waals surface area contributed by atoms with Crippen LogP contribution in [0.15, 0.2) is 12.1 Å². The van der Waals surface area contributed by atoms with E-state index >= 15 is 0 Å². The fraction of sp³-hybridized carbons (Fsp3) is 0.333. The van der Waals surface area contributed by atoms with Gasteiger partial charge in [0.05, 0.1) is 11.6 Å². The Bertz CT molecular complexity index is 346. The molecule has 1 aromatic heterocycles. The highest BCUT2D eigenvalue weighted by Crippen LogP contribution is 2.22. The van der Waals surface area contributed by atoms with Gasteiger partial charge in [-0.2, -0.15) is 0 Å². The van der Waals surface area contributed by atoms with Gasteiger partial charge < -0.3 is 10.1 Å². The van der Waals surface area contributed by atoms with Gasteiger partial charge in [-0.05, 0) is 19.1 Å². The number of nitrogens with one attached hydrogen (secondary N) is 1. The molecule has 14 heavy (non-hydrogen) atoms. The number of rotatable bonds is 3. The molecule has 1 N–H and O–H groups in total. The summed E-state index contributed by atoms with van der Waals surface area (Å²) < 4.78 is 4.81. The van der Waals surface area contributed by atoms with E-state index in [-0.39, 0.29) is 11.9 Å². The maximum atomic E-state index is 11.2. The zero-order valence-corrected chi connectivity index (χ0v) is 8.81. The van der Waals surface area contributed by atoms with Crippen LogP contribution in [0.2, 0.25) is 0 Å². The summed E-state index contributed by atoms with van der Waals surface area (Å²) in [5.74, 6) is -0.503. The Labute approximate surface area is 85.9 Å². The molecular formula is C9H11NO3S. The van der Waals surface area contributed by atoms with Crippen LogP contribution in [0.4, 0.5) is 5.00 Å². The van der Waals surface area contributed by atoms with Crippen molar-refractivity contribution in [2.45, 2.75) is 13.8 Å². The van der Waals surface area contributed by atoms with Gasteiger partial charge in [0.2, 0.25) is 5.91 Å². The van der Waals surface area contributed by atoms with Crippen molar-refractivity contribution >= 4 is 28.2 Å². The van der Waals surface area contributed by atoms with E-state index in [1.54, 1.807) is 19.1 Å². The molecule has 0 aromatic carbocycles. The number of carbonyl (C=O) groups excluding carboxylic acids is 2. The van der Waals surface area contributed by atoms with Crippen molar-refractivity contribution in [3.05, 3.63) is 17.0 Å². The van der Waals surface area contributed by atoms with Crippen molar-refractivity contribution in [3.63, 3.8) is 0 Å². The van der Waals surface area contributed by atoms with Gasteiger partial charge in [0.25, 0.3) is 0 Å². The summed E-state index contributed by atoms with van der Waals surface area (Å²) in [7, 11) is 0. The number of amides is 1. The maximum absolute atomic E-state index is 11.2. The third kappa shape index (κ3) is 2.85. The molecular weight excluding hydrogens is 202 g/mol. The van der Waals surface area contributed by atoms with E-state index in [9.17, 15) is 9.59 Å². The van der Waals surface area contributed by atoms with Gasteiger partial charge in [-0.25, -0.2) is 4.79 Å². The molecule has 1 amide bonds. The Hall–Kier alpha value is -1.36. The van der Waals surface area contributed by atoms with Crippen LogP contribution in [-0.4, -0.2) is 18.5 Å². The van der Waals surface area contributed by atoms with E-state index < -0.39 is 0 Å². The zero-order valence-electron chi connectivity index (χ0n) is 7.99. The minimum absolute atomic E-state index is 0.151. The van der Waals surface area contributed by atoms with Gasteiger partial charge in [0.15, 0.2) is 0 Å². The molecule has 76 valence electrons. The molecule has 0 saturated heterocycles. The summed E-state index contributed by atoms with van der Waals surface area (Å²) in [6.45, 7) is 3.52. The number of esters is 1. The van der Waals surface area contributed by atoms with Gasteiger partial charge in [-0.3, -0.25) is 4.79 Å². The van der Waals surface area contributed by atoms with Crippen LogP contribution in [0.3, 0.4) is 0 Å². The van der Waals surface area contributed by atoms with Gasteiger partial charge >= 0.3 is 5.97 Å². The summed E-state index contributed by atoms with van der Waals surface area (Å²) in [4.78, 5) is 22.4. The Morgan fingerprint density at radius 2 is 2.21 bits per heavy atom. The van der Waals surface area contributed by atoms with Crippen LogP contribution >= 0.6 is 11.3 Å². The largest absolute Gasteiger partial charge is 0.462 e. The lowest BCUT2D eigenvalue weighted by atomic mass is 10.4. The summed E-state index contributed by atoms with van der Waals surface area (Å²) in [6.07, 6.45) is 0. The fourth-order valence-corrected chi connectivity index (χ4v) is 1.74. The van der Waals surface area contributed by atoms with E-state index in [4.69, 9.17) is 4.74 Å². The van der Waals surface area contributed by atoms with Crippen LogP contribution in [0.1, 0.15) is 23.5 Å². The molecule has 0 atom stereocenters. The van der Waals surface area contributed by atoms with Crippen LogP contribution < -0.4 is 5.32 Å². The van der Waals surface area contributed by atoms with E-state index in [1.807, 2.05) is 0 Å². The lowest BCUT2D eigenvalue weighted by Crippen LogP contribution is -2.04. The lowest BCUT2D eigenvalue weighted by molar-refractivity contribution is -0.114. The molecule has 1 rings (SSSR count). The van der Waals surface area contributed by atoms with E-state index in [0.717, 1.165) is 0 Å². The van der Waals surface area contributed by atoms with E-state index in [0.29, 0.717) is 16.5 Å². The highest BCUT2D eigenvalue weighted by atomic mass is 32.1. The Morgan fingerprint density at radius 3 is 2.79 bits per heavy atom. The summed E-state index contributed by atoms with van der Waals surface area (Å²) in [5.41, 5.74) is 0. The molecule has 0 fully saturated rings. The second-order valence-electron chi connectivity index (χ2n) is 2.57. The second kappa shape index (κ2) is 4.76.